The SMILES string of the molecule is CC(C)=NNc1cccc(Br)c1. The van der Waals surface area contributed by atoms with Crippen LogP contribution in [0.3, 0.4) is 0 Å². The van der Waals surface area contributed by atoms with Gasteiger partial charge in [0.2, 0.25) is 0 Å². The highest BCUT2D eigenvalue weighted by Gasteiger charge is 1.89. The zero-order valence-corrected chi connectivity index (χ0v) is 8.72. The predicted octanol–water partition coefficient (Wildman–Crippen LogP) is 3.26. The average molecular weight is 227 g/mol. The first-order valence-electron chi connectivity index (χ1n) is 3.71. The van der Waals surface area contributed by atoms with Gasteiger partial charge in [-0.2, -0.15) is 5.10 Å². The van der Waals surface area contributed by atoms with Crippen LogP contribution in [0.15, 0.2) is 33.8 Å². The van der Waals surface area contributed by atoms with Crippen molar-refractivity contribution in [3.05, 3.63) is 28.7 Å². The van der Waals surface area contributed by atoms with E-state index in [0.717, 1.165) is 15.9 Å². The summed E-state index contributed by atoms with van der Waals surface area (Å²) in [5, 5.41) is 4.08. The highest BCUT2D eigenvalue weighted by atomic mass is 79.9. The Hall–Kier alpha value is -0.830. The van der Waals surface area contributed by atoms with Gasteiger partial charge < -0.3 is 0 Å². The van der Waals surface area contributed by atoms with Crippen molar-refractivity contribution in [2.45, 2.75) is 13.8 Å². The fourth-order valence-electron chi connectivity index (χ4n) is 0.734. The molecule has 0 saturated carbocycles. The summed E-state index contributed by atoms with van der Waals surface area (Å²) in [6.07, 6.45) is 0. The number of hydrazone groups is 1. The molecule has 0 aromatic heterocycles. The summed E-state index contributed by atoms with van der Waals surface area (Å²) < 4.78 is 1.05. The predicted molar refractivity (Wildman–Crippen MR) is 56.5 cm³/mol. The van der Waals surface area contributed by atoms with Crippen molar-refractivity contribution in [3.8, 4) is 0 Å². The third-order valence-corrected chi connectivity index (χ3v) is 1.73. The summed E-state index contributed by atoms with van der Waals surface area (Å²) in [4.78, 5) is 0. The molecule has 0 radical (unpaired) electrons. The van der Waals surface area contributed by atoms with E-state index in [1.54, 1.807) is 0 Å². The third kappa shape index (κ3) is 3.05. The van der Waals surface area contributed by atoms with E-state index < -0.39 is 0 Å². The molecule has 0 bridgehead atoms. The molecule has 0 atom stereocenters. The molecule has 0 aliphatic carbocycles. The summed E-state index contributed by atoms with van der Waals surface area (Å²) in [5.41, 5.74) is 4.94. The molecule has 0 fully saturated rings. The molecule has 0 aliphatic heterocycles. The fraction of sp³-hybridized carbons (Fsp3) is 0.222. The maximum absolute atomic E-state index is 4.08. The maximum atomic E-state index is 4.08. The van der Waals surface area contributed by atoms with E-state index in [1.807, 2.05) is 38.1 Å². The lowest BCUT2D eigenvalue weighted by atomic mass is 10.3. The van der Waals surface area contributed by atoms with Gasteiger partial charge in [0.1, 0.15) is 0 Å². The molecule has 0 aliphatic rings. The Bertz CT molecular complexity index is 290. The normalized spacial score (nSPS) is 9.25. The number of halogens is 1. The van der Waals surface area contributed by atoms with Gasteiger partial charge in [0, 0.05) is 10.2 Å². The summed E-state index contributed by atoms with van der Waals surface area (Å²) in [6.45, 7) is 3.90. The van der Waals surface area contributed by atoms with Crippen LogP contribution in [0.4, 0.5) is 5.69 Å². The van der Waals surface area contributed by atoms with Crippen LogP contribution in [0.2, 0.25) is 0 Å². The maximum Gasteiger partial charge on any atom is 0.0573 e. The number of benzene rings is 1. The van der Waals surface area contributed by atoms with Gasteiger partial charge in [0.15, 0.2) is 0 Å². The quantitative estimate of drug-likeness (QED) is 0.608. The van der Waals surface area contributed by atoms with Crippen LogP contribution in [0.25, 0.3) is 0 Å². The van der Waals surface area contributed by atoms with Crippen molar-refractivity contribution < 1.29 is 0 Å². The van der Waals surface area contributed by atoms with Gasteiger partial charge in [-0.3, -0.25) is 5.43 Å². The van der Waals surface area contributed by atoms with E-state index in [1.165, 1.54) is 0 Å². The molecular weight excluding hydrogens is 216 g/mol. The van der Waals surface area contributed by atoms with Gasteiger partial charge >= 0.3 is 0 Å². The molecule has 12 heavy (non-hydrogen) atoms. The number of hydrogen-bond acceptors (Lipinski definition) is 2. The van der Waals surface area contributed by atoms with Gasteiger partial charge in [0.25, 0.3) is 0 Å². The highest BCUT2D eigenvalue weighted by Crippen LogP contribution is 2.15. The molecule has 0 unspecified atom stereocenters. The smallest absolute Gasteiger partial charge is 0.0573 e. The van der Waals surface area contributed by atoms with Gasteiger partial charge in [-0.1, -0.05) is 22.0 Å². The lowest BCUT2D eigenvalue weighted by molar-refractivity contribution is 1.31. The Morgan fingerprint density at radius 3 is 2.75 bits per heavy atom. The lowest BCUT2D eigenvalue weighted by Gasteiger charge is -2.00. The third-order valence-electron chi connectivity index (χ3n) is 1.23. The summed E-state index contributed by atoms with van der Waals surface area (Å²) in [6, 6.07) is 7.89. The molecule has 1 aromatic carbocycles. The molecule has 1 aromatic rings. The van der Waals surface area contributed by atoms with Crippen LogP contribution in [0, 0.1) is 0 Å². The first kappa shape index (κ1) is 9.26. The molecular formula is C9H11BrN2. The van der Waals surface area contributed by atoms with E-state index in [4.69, 9.17) is 0 Å². The van der Waals surface area contributed by atoms with Gasteiger partial charge in [-0.05, 0) is 32.0 Å². The van der Waals surface area contributed by atoms with Crippen LogP contribution in [-0.4, -0.2) is 5.71 Å². The average Bonchev–Trinajstić information content (AvgIpc) is 2.01. The van der Waals surface area contributed by atoms with Gasteiger partial charge in [0.05, 0.1) is 5.69 Å². The number of nitrogens with zero attached hydrogens (tertiary/aromatic N) is 1. The van der Waals surface area contributed by atoms with Crippen molar-refractivity contribution in [2.24, 2.45) is 5.10 Å². The Morgan fingerprint density at radius 1 is 1.42 bits per heavy atom. The minimum Gasteiger partial charge on any atom is -0.279 e. The van der Waals surface area contributed by atoms with Crippen molar-refractivity contribution in [2.75, 3.05) is 5.43 Å². The van der Waals surface area contributed by atoms with E-state index in [9.17, 15) is 0 Å². The molecule has 1 rings (SSSR count). The minimum atomic E-state index is 0.991. The van der Waals surface area contributed by atoms with Crippen molar-refractivity contribution >= 4 is 27.3 Å². The van der Waals surface area contributed by atoms with Crippen molar-refractivity contribution in [1.82, 2.24) is 0 Å². The number of hydrogen-bond donors (Lipinski definition) is 1. The second-order valence-electron chi connectivity index (χ2n) is 2.68. The minimum absolute atomic E-state index is 0.991. The summed E-state index contributed by atoms with van der Waals surface area (Å²) in [7, 11) is 0. The van der Waals surface area contributed by atoms with Crippen molar-refractivity contribution in [3.63, 3.8) is 0 Å². The van der Waals surface area contributed by atoms with E-state index in [-0.39, 0.29) is 0 Å². The number of anilines is 1. The Labute approximate surface area is 80.8 Å². The number of rotatable bonds is 2. The summed E-state index contributed by atoms with van der Waals surface area (Å²) >= 11 is 3.38. The fourth-order valence-corrected chi connectivity index (χ4v) is 1.13. The Balaban J connectivity index is 2.70. The molecule has 1 N–H and O–H groups in total. The first-order valence-corrected chi connectivity index (χ1v) is 4.50. The zero-order valence-electron chi connectivity index (χ0n) is 7.13. The van der Waals surface area contributed by atoms with Crippen LogP contribution >= 0.6 is 15.9 Å². The Kier molecular flexibility index (Phi) is 3.29. The molecule has 3 heteroatoms. The van der Waals surface area contributed by atoms with Crippen LogP contribution in [0.5, 0.6) is 0 Å². The van der Waals surface area contributed by atoms with Crippen molar-refractivity contribution in [1.29, 1.82) is 0 Å². The second-order valence-corrected chi connectivity index (χ2v) is 3.60. The van der Waals surface area contributed by atoms with E-state index >= 15 is 0 Å². The molecule has 0 saturated heterocycles. The molecule has 64 valence electrons. The van der Waals surface area contributed by atoms with E-state index in [0.29, 0.717) is 0 Å². The summed E-state index contributed by atoms with van der Waals surface area (Å²) in [5.74, 6) is 0. The standard InChI is InChI=1S/C9H11BrN2/c1-7(2)11-12-9-5-3-4-8(10)6-9/h3-6,12H,1-2H3. The Morgan fingerprint density at radius 2 is 2.17 bits per heavy atom. The van der Waals surface area contributed by atoms with Crippen LogP contribution < -0.4 is 5.43 Å². The second kappa shape index (κ2) is 4.26. The number of nitrogens with one attached hydrogen (secondary N) is 1. The molecule has 2 nitrogen and oxygen atoms in total. The zero-order chi connectivity index (χ0) is 8.97. The monoisotopic (exact) mass is 226 g/mol. The lowest BCUT2D eigenvalue weighted by Crippen LogP contribution is -1.92. The van der Waals surface area contributed by atoms with Crippen LogP contribution in [-0.2, 0) is 0 Å². The largest absolute Gasteiger partial charge is 0.279 e. The highest BCUT2D eigenvalue weighted by molar-refractivity contribution is 9.10. The molecule has 0 amide bonds. The molecule has 0 heterocycles. The van der Waals surface area contributed by atoms with Crippen LogP contribution in [0.1, 0.15) is 13.8 Å². The first-order chi connectivity index (χ1) is 5.68. The van der Waals surface area contributed by atoms with Gasteiger partial charge in [-0.15, -0.1) is 0 Å². The van der Waals surface area contributed by atoms with Gasteiger partial charge in [-0.25, -0.2) is 0 Å². The molecule has 0 spiro atoms. The van der Waals surface area contributed by atoms with E-state index in [2.05, 4.69) is 26.5 Å². The topological polar surface area (TPSA) is 24.4 Å².